The molecule has 5 nitrogen and oxygen atoms in total. The second-order valence-electron chi connectivity index (χ2n) is 3.83. The Morgan fingerprint density at radius 3 is 2.67 bits per heavy atom. The summed E-state index contributed by atoms with van der Waals surface area (Å²) in [5, 5.41) is 2.26. The molecule has 1 atom stereocenters. The van der Waals surface area contributed by atoms with Crippen molar-refractivity contribution in [2.24, 2.45) is 0 Å². The van der Waals surface area contributed by atoms with Crippen molar-refractivity contribution in [1.82, 2.24) is 5.32 Å². The quantitative estimate of drug-likeness (QED) is 0.651. The lowest BCUT2D eigenvalue weighted by atomic mass is 10.3. The minimum Gasteiger partial charge on any atom is -0.476 e. The number of carbonyl (C=O) groups is 1. The van der Waals surface area contributed by atoms with Crippen molar-refractivity contribution in [2.45, 2.75) is 17.9 Å². The molecule has 1 aromatic carbocycles. The maximum atomic E-state index is 13.7. The largest absolute Gasteiger partial charge is 0.476 e. The molecule has 1 N–H and O–H groups in total. The van der Waals surface area contributed by atoms with Crippen LogP contribution in [-0.2, 0) is 13.8 Å². The van der Waals surface area contributed by atoms with Gasteiger partial charge in [0, 0.05) is 16.7 Å². The van der Waals surface area contributed by atoms with E-state index in [2.05, 4.69) is 11.2 Å². The van der Waals surface area contributed by atoms with Gasteiger partial charge in [0.25, 0.3) is 15.0 Å². The summed E-state index contributed by atoms with van der Waals surface area (Å²) in [6, 6.07) is 0.903. The first-order valence-corrected chi connectivity index (χ1v) is 7.79. The zero-order valence-electron chi connectivity index (χ0n) is 10.7. The van der Waals surface area contributed by atoms with Crippen LogP contribution >= 0.6 is 10.7 Å². The smallest absolute Gasteiger partial charge is 0.265 e. The Morgan fingerprint density at radius 1 is 1.52 bits per heavy atom. The molecule has 0 aliphatic carbocycles. The predicted octanol–water partition coefficient (Wildman–Crippen LogP) is 1.41. The molecular formula is C12H10ClF2NO4S. The first-order valence-electron chi connectivity index (χ1n) is 5.48. The van der Waals surface area contributed by atoms with Gasteiger partial charge in [-0.15, -0.1) is 6.42 Å². The lowest BCUT2D eigenvalue weighted by molar-refractivity contribution is -0.127. The normalized spacial score (nSPS) is 12.3. The molecule has 1 unspecified atom stereocenters. The van der Waals surface area contributed by atoms with E-state index in [0.29, 0.717) is 12.1 Å². The van der Waals surface area contributed by atoms with E-state index in [4.69, 9.17) is 21.8 Å². The van der Waals surface area contributed by atoms with Gasteiger partial charge in [-0.2, -0.15) is 0 Å². The van der Waals surface area contributed by atoms with E-state index in [0.717, 1.165) is 0 Å². The van der Waals surface area contributed by atoms with E-state index in [-0.39, 0.29) is 6.54 Å². The van der Waals surface area contributed by atoms with E-state index in [1.807, 2.05) is 0 Å². The Kier molecular flexibility index (Phi) is 5.52. The van der Waals surface area contributed by atoms with Gasteiger partial charge in [0.2, 0.25) is 0 Å². The van der Waals surface area contributed by atoms with Crippen molar-refractivity contribution < 1.29 is 26.7 Å². The van der Waals surface area contributed by atoms with Crippen molar-refractivity contribution in [2.75, 3.05) is 6.54 Å². The molecule has 0 saturated heterocycles. The van der Waals surface area contributed by atoms with Gasteiger partial charge in [0.05, 0.1) is 6.54 Å². The fraction of sp³-hybridized carbons (Fsp3) is 0.250. The highest BCUT2D eigenvalue weighted by molar-refractivity contribution is 8.13. The molecule has 114 valence electrons. The molecule has 0 fully saturated rings. The second kappa shape index (κ2) is 6.74. The van der Waals surface area contributed by atoms with Crippen LogP contribution < -0.4 is 10.1 Å². The van der Waals surface area contributed by atoms with Crippen LogP contribution in [0.1, 0.15) is 6.92 Å². The van der Waals surface area contributed by atoms with Crippen LogP contribution in [0.4, 0.5) is 8.78 Å². The summed E-state index contributed by atoms with van der Waals surface area (Å²) in [6.45, 7) is 1.15. The minimum absolute atomic E-state index is 0.0842. The molecule has 0 spiro atoms. The second-order valence-corrected chi connectivity index (χ2v) is 6.37. The van der Waals surface area contributed by atoms with Crippen LogP contribution in [0.2, 0.25) is 0 Å². The average Bonchev–Trinajstić information content (AvgIpc) is 2.37. The number of hydrogen-bond donors (Lipinski definition) is 1. The van der Waals surface area contributed by atoms with Crippen molar-refractivity contribution in [3.05, 3.63) is 23.8 Å². The molecule has 0 saturated carbocycles. The molecular weight excluding hydrogens is 328 g/mol. The van der Waals surface area contributed by atoms with Crippen LogP contribution in [0.5, 0.6) is 5.75 Å². The van der Waals surface area contributed by atoms with Gasteiger partial charge in [0.1, 0.15) is 10.7 Å². The summed E-state index contributed by atoms with van der Waals surface area (Å²) in [5.74, 6) is -1.84. The van der Waals surface area contributed by atoms with Crippen LogP contribution in [0, 0.1) is 24.0 Å². The topological polar surface area (TPSA) is 72.5 Å². The summed E-state index contributed by atoms with van der Waals surface area (Å²) in [7, 11) is 0.623. The summed E-state index contributed by atoms with van der Waals surface area (Å²) in [5.41, 5.74) is 0. The maximum Gasteiger partial charge on any atom is 0.265 e. The Bertz CT molecular complexity index is 700. The first-order chi connectivity index (χ1) is 9.66. The highest BCUT2D eigenvalue weighted by Crippen LogP contribution is 2.31. The number of halogens is 3. The van der Waals surface area contributed by atoms with Crippen LogP contribution in [0.25, 0.3) is 0 Å². The van der Waals surface area contributed by atoms with Crippen LogP contribution in [-0.4, -0.2) is 27.0 Å². The number of carbonyl (C=O) groups excluding carboxylic acids is 1. The summed E-state index contributed by atoms with van der Waals surface area (Å²) in [4.78, 5) is 10.6. The van der Waals surface area contributed by atoms with E-state index in [9.17, 15) is 22.0 Å². The Balaban J connectivity index is 3.14. The van der Waals surface area contributed by atoms with Gasteiger partial charge in [-0.25, -0.2) is 17.2 Å². The molecule has 0 aliphatic heterocycles. The maximum absolute atomic E-state index is 13.7. The summed E-state index contributed by atoms with van der Waals surface area (Å²) in [6.07, 6.45) is 3.68. The van der Waals surface area contributed by atoms with Crippen molar-refractivity contribution in [3.8, 4) is 18.1 Å². The Hall–Kier alpha value is -1.85. The number of benzene rings is 1. The highest BCUT2D eigenvalue weighted by Gasteiger charge is 2.25. The molecule has 1 rings (SSSR count). The highest BCUT2D eigenvalue weighted by atomic mass is 35.7. The predicted molar refractivity (Wildman–Crippen MR) is 71.3 cm³/mol. The van der Waals surface area contributed by atoms with E-state index in [1.54, 1.807) is 0 Å². The number of terminal acetylenes is 1. The van der Waals surface area contributed by atoms with Gasteiger partial charge in [-0.3, -0.25) is 4.79 Å². The van der Waals surface area contributed by atoms with E-state index >= 15 is 0 Å². The van der Waals surface area contributed by atoms with E-state index in [1.165, 1.54) is 6.92 Å². The number of nitrogens with one attached hydrogen (secondary N) is 1. The number of ether oxygens (including phenoxy) is 1. The monoisotopic (exact) mass is 337 g/mol. The van der Waals surface area contributed by atoms with Gasteiger partial charge in [-0.1, -0.05) is 5.92 Å². The molecule has 9 heteroatoms. The van der Waals surface area contributed by atoms with Gasteiger partial charge in [0.15, 0.2) is 17.7 Å². The first kappa shape index (κ1) is 17.2. The van der Waals surface area contributed by atoms with Crippen LogP contribution in [0.15, 0.2) is 17.0 Å². The lowest BCUT2D eigenvalue weighted by Gasteiger charge is -2.16. The lowest BCUT2D eigenvalue weighted by Crippen LogP contribution is -2.36. The van der Waals surface area contributed by atoms with Gasteiger partial charge >= 0.3 is 0 Å². The number of amides is 1. The molecule has 0 aromatic heterocycles. The van der Waals surface area contributed by atoms with Gasteiger partial charge < -0.3 is 10.1 Å². The standard InChI is InChI=1S/C12H10ClF2NO4S/c1-3-4-16-12(17)7(2)20-11-9(15)5-8(14)6-10(11)21(13,18)19/h1,5-7H,4H2,2H3,(H,16,17). The molecule has 1 aromatic rings. The summed E-state index contributed by atoms with van der Waals surface area (Å²) < 4.78 is 54.3. The van der Waals surface area contributed by atoms with Crippen molar-refractivity contribution >= 4 is 25.6 Å². The fourth-order valence-corrected chi connectivity index (χ4v) is 2.31. The number of hydrogen-bond acceptors (Lipinski definition) is 4. The Morgan fingerprint density at radius 2 is 2.14 bits per heavy atom. The average molecular weight is 338 g/mol. The molecule has 1 amide bonds. The molecule has 0 heterocycles. The minimum atomic E-state index is -4.46. The van der Waals surface area contributed by atoms with Crippen LogP contribution in [0.3, 0.4) is 0 Å². The molecule has 0 bridgehead atoms. The zero-order valence-corrected chi connectivity index (χ0v) is 12.3. The SMILES string of the molecule is C#CCNC(=O)C(C)Oc1c(F)cc(F)cc1S(=O)(=O)Cl. The van der Waals surface area contributed by atoms with Gasteiger partial charge in [-0.05, 0) is 13.0 Å². The Labute approximate surface area is 124 Å². The molecule has 0 aliphatic rings. The number of rotatable bonds is 5. The summed E-state index contributed by atoms with van der Waals surface area (Å²) >= 11 is 0. The molecule has 0 radical (unpaired) electrons. The van der Waals surface area contributed by atoms with Crippen molar-refractivity contribution in [3.63, 3.8) is 0 Å². The third kappa shape index (κ3) is 4.58. The van der Waals surface area contributed by atoms with Crippen molar-refractivity contribution in [1.29, 1.82) is 0 Å². The van der Waals surface area contributed by atoms with E-state index < -0.39 is 43.3 Å². The third-order valence-electron chi connectivity index (χ3n) is 2.27. The fourth-order valence-electron chi connectivity index (χ4n) is 1.34. The molecule has 21 heavy (non-hydrogen) atoms. The zero-order chi connectivity index (χ0) is 16.2. The third-order valence-corrected chi connectivity index (χ3v) is 3.59.